The first-order valence-electron chi connectivity index (χ1n) is 18.3. The number of rotatable bonds is 18. The van der Waals surface area contributed by atoms with Crippen molar-refractivity contribution < 1.29 is 37.5 Å². The van der Waals surface area contributed by atoms with Crippen LogP contribution >= 0.6 is 8.53 Å². The SMILES string of the molecule is COc1ccc(C(OC[C@@H]2O[C@@H](n3ccc(N)nc3=O)[C@H](OC(C)=O)[C@H]2OP(OCCC#N)N(C(C)C)C(C)C)(c2ccccc2)c2ccc(OC)cc2)cc1. The maximum absolute atomic E-state index is 13.3. The molecule has 1 saturated heterocycles. The summed E-state index contributed by atoms with van der Waals surface area (Å²) in [6, 6.07) is 28.5. The molecule has 5 atom stereocenters. The van der Waals surface area contributed by atoms with Crippen LogP contribution < -0.4 is 20.9 Å². The minimum atomic E-state index is -1.88. The second-order valence-corrected chi connectivity index (χ2v) is 15.0. The molecule has 1 aromatic heterocycles. The Labute approximate surface area is 329 Å². The van der Waals surface area contributed by atoms with Crippen molar-refractivity contribution in [2.45, 2.75) is 83.3 Å². The zero-order valence-electron chi connectivity index (χ0n) is 32.7. The minimum absolute atomic E-state index is 0.0199. The molecule has 4 aromatic rings. The molecule has 0 spiro atoms. The average Bonchev–Trinajstić information content (AvgIpc) is 3.50. The van der Waals surface area contributed by atoms with Gasteiger partial charge in [0, 0.05) is 25.2 Å². The van der Waals surface area contributed by atoms with Gasteiger partial charge >= 0.3 is 11.7 Å². The summed E-state index contributed by atoms with van der Waals surface area (Å²) in [6.45, 7) is 9.31. The number of esters is 1. The lowest BCUT2D eigenvalue weighted by Gasteiger charge is -2.39. The van der Waals surface area contributed by atoms with E-state index in [0.29, 0.717) is 11.5 Å². The lowest BCUT2D eigenvalue weighted by atomic mass is 9.80. The van der Waals surface area contributed by atoms with E-state index in [9.17, 15) is 14.9 Å². The third-order valence-electron chi connectivity index (χ3n) is 9.22. The van der Waals surface area contributed by atoms with Gasteiger partial charge in [0.1, 0.15) is 35.1 Å². The molecule has 15 heteroatoms. The summed E-state index contributed by atoms with van der Waals surface area (Å²) in [4.78, 5) is 30.1. The van der Waals surface area contributed by atoms with E-state index in [1.807, 2.05) is 107 Å². The van der Waals surface area contributed by atoms with Crippen molar-refractivity contribution >= 4 is 20.3 Å². The maximum Gasteiger partial charge on any atom is 0.351 e. The van der Waals surface area contributed by atoms with E-state index in [4.69, 9.17) is 38.5 Å². The number of ether oxygens (including phenoxy) is 5. The fraction of sp³-hybridized carbons (Fsp3) is 0.415. The Morgan fingerprint density at radius 3 is 2.00 bits per heavy atom. The number of hydrogen-bond donors (Lipinski definition) is 1. The summed E-state index contributed by atoms with van der Waals surface area (Å²) >= 11 is 0. The number of nitrogens with two attached hydrogens (primary N) is 1. The van der Waals surface area contributed by atoms with Crippen LogP contribution in [0.3, 0.4) is 0 Å². The van der Waals surface area contributed by atoms with Crippen LogP contribution in [0.2, 0.25) is 0 Å². The maximum atomic E-state index is 13.3. The normalized spacial score (nSPS) is 18.9. The lowest BCUT2D eigenvalue weighted by molar-refractivity contribution is -0.155. The number of benzene rings is 3. The number of anilines is 1. The van der Waals surface area contributed by atoms with Gasteiger partial charge in [-0.3, -0.25) is 9.36 Å². The Morgan fingerprint density at radius 2 is 1.50 bits per heavy atom. The molecule has 0 aliphatic carbocycles. The summed E-state index contributed by atoms with van der Waals surface area (Å²) in [7, 11) is 1.33. The molecule has 56 heavy (non-hydrogen) atoms. The Balaban J connectivity index is 1.68. The van der Waals surface area contributed by atoms with Crippen LogP contribution in [0, 0.1) is 11.3 Å². The van der Waals surface area contributed by atoms with Crippen LogP contribution in [0.25, 0.3) is 0 Å². The highest BCUT2D eigenvalue weighted by molar-refractivity contribution is 7.44. The van der Waals surface area contributed by atoms with Gasteiger partial charge in [0.25, 0.3) is 8.53 Å². The molecule has 298 valence electrons. The highest BCUT2D eigenvalue weighted by Crippen LogP contribution is 2.51. The number of nitrogens with zero attached hydrogens (tertiary/aromatic N) is 4. The van der Waals surface area contributed by atoms with E-state index in [1.165, 1.54) is 23.8 Å². The van der Waals surface area contributed by atoms with Gasteiger partial charge in [-0.05, 0) is 74.7 Å². The zero-order chi connectivity index (χ0) is 40.4. The lowest BCUT2D eigenvalue weighted by Crippen LogP contribution is -2.43. The van der Waals surface area contributed by atoms with Gasteiger partial charge in [-0.2, -0.15) is 10.2 Å². The number of methoxy groups -OCH3 is 2. The van der Waals surface area contributed by atoms with Crippen LogP contribution in [-0.4, -0.2) is 78.0 Å². The Morgan fingerprint density at radius 1 is 0.929 bits per heavy atom. The fourth-order valence-electron chi connectivity index (χ4n) is 6.81. The molecule has 0 saturated carbocycles. The minimum Gasteiger partial charge on any atom is -0.497 e. The Bertz CT molecular complexity index is 1920. The average molecular weight is 788 g/mol. The quantitative estimate of drug-likeness (QED) is 0.0514. The molecule has 0 bridgehead atoms. The van der Waals surface area contributed by atoms with E-state index in [1.54, 1.807) is 14.2 Å². The van der Waals surface area contributed by atoms with Gasteiger partial charge in [-0.15, -0.1) is 0 Å². The molecule has 5 rings (SSSR count). The summed E-state index contributed by atoms with van der Waals surface area (Å²) in [6.07, 6.45) is -2.78. The van der Waals surface area contributed by atoms with E-state index >= 15 is 0 Å². The number of hydrogen-bond acceptors (Lipinski definition) is 13. The first-order valence-corrected chi connectivity index (χ1v) is 19.5. The standard InChI is InChI=1S/C41H50N5O9P/c1-27(2)46(28(3)4)56(52-25-11-23-42)55-37-35(54-39(38(37)53-29(5)47)45-24-22-36(43)44-40(45)48)26-51-41(30-12-9-8-10-13-30,31-14-18-33(49-6)19-15-31)32-16-20-34(50-7)21-17-32/h8-10,12-22,24,27-28,35,37-39H,11,25-26H2,1-7H3,(H2,43,44,48)/t35-,37-,38+,39+,56?/m0/s1. The molecule has 1 aliphatic rings. The number of nitriles is 1. The third kappa shape index (κ3) is 9.56. The van der Waals surface area contributed by atoms with Crippen molar-refractivity contribution in [2.75, 3.05) is 33.2 Å². The summed E-state index contributed by atoms with van der Waals surface area (Å²) in [5, 5.41) is 9.36. The van der Waals surface area contributed by atoms with E-state index in [2.05, 4.69) is 15.7 Å². The topological polar surface area (TPSA) is 170 Å². The molecular formula is C41H50N5O9P. The van der Waals surface area contributed by atoms with Crippen molar-refractivity contribution in [1.29, 1.82) is 5.26 Å². The van der Waals surface area contributed by atoms with Crippen molar-refractivity contribution in [2.24, 2.45) is 0 Å². The fourth-order valence-corrected chi connectivity index (χ4v) is 8.58. The molecule has 1 aliphatic heterocycles. The van der Waals surface area contributed by atoms with Gasteiger partial charge in [0.2, 0.25) is 0 Å². The second kappa shape index (κ2) is 19.3. The predicted molar refractivity (Wildman–Crippen MR) is 211 cm³/mol. The molecular weight excluding hydrogens is 737 g/mol. The number of carbonyl (C=O) groups excluding carboxylic acids is 1. The summed E-state index contributed by atoms with van der Waals surface area (Å²) < 4.78 is 47.4. The second-order valence-electron chi connectivity index (χ2n) is 13.6. The van der Waals surface area contributed by atoms with Gasteiger partial charge in [-0.25, -0.2) is 9.46 Å². The molecule has 2 heterocycles. The van der Waals surface area contributed by atoms with Crippen molar-refractivity contribution in [3.05, 3.63) is 118 Å². The monoisotopic (exact) mass is 787 g/mol. The van der Waals surface area contributed by atoms with E-state index < -0.39 is 50.3 Å². The van der Waals surface area contributed by atoms with Crippen LogP contribution in [0.4, 0.5) is 5.82 Å². The van der Waals surface area contributed by atoms with Gasteiger partial charge in [0.15, 0.2) is 12.3 Å². The van der Waals surface area contributed by atoms with Crippen LogP contribution in [-0.2, 0) is 33.7 Å². The molecule has 0 radical (unpaired) electrons. The predicted octanol–water partition coefficient (Wildman–Crippen LogP) is 6.34. The van der Waals surface area contributed by atoms with Crippen molar-refractivity contribution in [3.63, 3.8) is 0 Å². The zero-order valence-corrected chi connectivity index (χ0v) is 33.6. The van der Waals surface area contributed by atoms with Gasteiger partial charge < -0.3 is 38.5 Å². The number of nitrogen functional groups attached to an aromatic ring is 1. The van der Waals surface area contributed by atoms with Crippen molar-refractivity contribution in [1.82, 2.24) is 14.2 Å². The van der Waals surface area contributed by atoms with Gasteiger partial charge in [0.05, 0.1) is 39.9 Å². The van der Waals surface area contributed by atoms with Crippen LogP contribution in [0.15, 0.2) is 95.9 Å². The van der Waals surface area contributed by atoms with E-state index in [0.717, 1.165) is 16.7 Å². The molecule has 3 aromatic carbocycles. The smallest absolute Gasteiger partial charge is 0.351 e. The number of carbonyl (C=O) groups is 1. The molecule has 1 fully saturated rings. The largest absolute Gasteiger partial charge is 0.497 e. The Kier molecular flexibility index (Phi) is 14.6. The molecule has 14 nitrogen and oxygen atoms in total. The van der Waals surface area contributed by atoms with Crippen LogP contribution in [0.5, 0.6) is 11.5 Å². The Hall–Kier alpha value is -4.87. The van der Waals surface area contributed by atoms with Crippen LogP contribution in [0.1, 0.15) is 64.0 Å². The summed E-state index contributed by atoms with van der Waals surface area (Å²) in [5.74, 6) is 0.727. The number of aromatic nitrogens is 2. The summed E-state index contributed by atoms with van der Waals surface area (Å²) in [5.41, 5.74) is 6.28. The molecule has 0 amide bonds. The van der Waals surface area contributed by atoms with E-state index in [-0.39, 0.29) is 37.5 Å². The highest BCUT2D eigenvalue weighted by atomic mass is 31.2. The molecule has 2 N–H and O–H groups in total. The first kappa shape index (κ1) is 42.3. The van der Waals surface area contributed by atoms with Gasteiger partial charge in [-0.1, -0.05) is 54.6 Å². The molecule has 1 unspecified atom stereocenters. The highest BCUT2D eigenvalue weighted by Gasteiger charge is 2.52. The van der Waals surface area contributed by atoms with Crippen molar-refractivity contribution in [3.8, 4) is 17.6 Å². The first-order chi connectivity index (χ1) is 26.9. The third-order valence-corrected chi connectivity index (χ3v) is 11.4.